The van der Waals surface area contributed by atoms with Crippen molar-refractivity contribution in [1.29, 1.82) is 0 Å². The molecule has 2 N–H and O–H groups in total. The Morgan fingerprint density at radius 2 is 1.36 bits per heavy atom. The second-order valence-corrected chi connectivity index (χ2v) is 12.8. The number of carbonyl (C=O) groups excluding carboxylic acids is 1. The highest BCUT2D eigenvalue weighted by Crippen LogP contribution is 2.31. The summed E-state index contributed by atoms with van der Waals surface area (Å²) in [5, 5.41) is 11.7. The number of ether oxygens (including phenoxy) is 7. The van der Waals surface area contributed by atoms with Crippen LogP contribution in [0.4, 0.5) is 13.2 Å². The highest BCUT2D eigenvalue weighted by atomic mass is 19.4. The lowest BCUT2D eigenvalue weighted by Gasteiger charge is -2.31. The first-order valence-corrected chi connectivity index (χ1v) is 17.7. The second kappa shape index (κ2) is 23.1. The average molecular weight is 751 g/mol. The second-order valence-electron chi connectivity index (χ2n) is 12.8. The third-order valence-electron chi connectivity index (χ3n) is 8.02. The van der Waals surface area contributed by atoms with E-state index in [1.165, 1.54) is 0 Å². The van der Waals surface area contributed by atoms with E-state index in [9.17, 15) is 18.0 Å². The maximum Gasteiger partial charge on any atom is 0.417 e. The molecule has 1 heterocycles. The Morgan fingerprint density at radius 1 is 0.792 bits per heavy atom. The lowest BCUT2D eigenvalue weighted by molar-refractivity contribution is -0.138. The molecular formula is C39H53F3N2O9. The summed E-state index contributed by atoms with van der Waals surface area (Å²) in [7, 11) is 0. The number of aryl methyl sites for hydroxylation is 1. The summed E-state index contributed by atoms with van der Waals surface area (Å²) >= 11 is 0. The van der Waals surface area contributed by atoms with Gasteiger partial charge in [0.05, 0.1) is 78.2 Å². The van der Waals surface area contributed by atoms with E-state index in [0.29, 0.717) is 91.0 Å². The molecule has 294 valence electrons. The van der Waals surface area contributed by atoms with Crippen molar-refractivity contribution in [3.8, 4) is 11.6 Å². The molecule has 0 spiro atoms. The summed E-state index contributed by atoms with van der Waals surface area (Å²) in [5.41, 5.74) is 0.849. The summed E-state index contributed by atoms with van der Waals surface area (Å²) < 4.78 is 77.8. The Morgan fingerprint density at radius 3 is 1.89 bits per heavy atom. The maximum absolute atomic E-state index is 13.5. The first-order chi connectivity index (χ1) is 25.4. The number of benzene rings is 2. The minimum atomic E-state index is -4.53. The number of hydrogen-bond acceptors (Lipinski definition) is 10. The number of carbonyl (C=O) groups is 1. The molecule has 1 amide bonds. The Hall–Kier alpha value is -3.79. The fourth-order valence-corrected chi connectivity index (χ4v) is 5.06. The zero-order valence-corrected chi connectivity index (χ0v) is 31.0. The van der Waals surface area contributed by atoms with Gasteiger partial charge in [-0.05, 0) is 63.4 Å². The molecule has 2 atom stereocenters. The number of hydrogen-bond donors (Lipinski definition) is 2. The Kier molecular flexibility index (Phi) is 19.0. The number of aliphatic hydroxyl groups is 1. The molecule has 53 heavy (non-hydrogen) atoms. The van der Waals surface area contributed by atoms with Crippen LogP contribution in [0.3, 0.4) is 0 Å². The fraction of sp³-hybridized carbons (Fsp3) is 0.538. The number of amides is 1. The molecule has 2 unspecified atom stereocenters. The number of alkyl halides is 3. The number of aliphatic hydroxyl groups excluding tert-OH is 1. The van der Waals surface area contributed by atoms with Crippen molar-refractivity contribution in [2.45, 2.75) is 57.9 Å². The van der Waals surface area contributed by atoms with Crippen molar-refractivity contribution in [3.63, 3.8) is 0 Å². The average Bonchev–Trinajstić information content (AvgIpc) is 3.12. The summed E-state index contributed by atoms with van der Waals surface area (Å²) in [5.74, 6) is -0.0353. The molecule has 0 fully saturated rings. The zero-order valence-electron chi connectivity index (χ0n) is 31.0. The van der Waals surface area contributed by atoms with Crippen LogP contribution >= 0.6 is 0 Å². The van der Waals surface area contributed by atoms with Gasteiger partial charge >= 0.3 is 6.18 Å². The number of rotatable bonds is 26. The number of nitrogens with zero attached hydrogens (tertiary/aromatic N) is 1. The predicted molar refractivity (Wildman–Crippen MR) is 192 cm³/mol. The topological polar surface area (TPSA) is 127 Å². The number of halogens is 3. The first-order valence-electron chi connectivity index (χ1n) is 17.7. The van der Waals surface area contributed by atoms with E-state index in [1.54, 1.807) is 13.8 Å². The number of pyridine rings is 1. The van der Waals surface area contributed by atoms with E-state index < -0.39 is 23.2 Å². The van der Waals surface area contributed by atoms with Crippen molar-refractivity contribution in [2.24, 2.45) is 0 Å². The molecule has 2 aromatic carbocycles. The molecule has 0 aliphatic heterocycles. The van der Waals surface area contributed by atoms with E-state index in [-0.39, 0.29) is 24.4 Å². The third-order valence-corrected chi connectivity index (χ3v) is 8.02. The van der Waals surface area contributed by atoms with Gasteiger partial charge < -0.3 is 43.6 Å². The third kappa shape index (κ3) is 16.8. The largest absolute Gasteiger partial charge is 0.491 e. The van der Waals surface area contributed by atoms with E-state index in [2.05, 4.69) is 22.4 Å². The van der Waals surface area contributed by atoms with Gasteiger partial charge in [-0.1, -0.05) is 42.0 Å². The lowest BCUT2D eigenvalue weighted by atomic mass is 9.86. The van der Waals surface area contributed by atoms with Crippen LogP contribution in [0, 0.1) is 6.92 Å². The minimum Gasteiger partial charge on any atom is -0.491 e. The van der Waals surface area contributed by atoms with E-state index in [1.807, 2.05) is 50.2 Å². The molecule has 0 radical (unpaired) electrons. The van der Waals surface area contributed by atoms with Crippen molar-refractivity contribution >= 4 is 5.91 Å². The monoisotopic (exact) mass is 750 g/mol. The van der Waals surface area contributed by atoms with Crippen LogP contribution in [-0.4, -0.2) is 107 Å². The van der Waals surface area contributed by atoms with Crippen molar-refractivity contribution in [3.05, 3.63) is 89.1 Å². The highest BCUT2D eigenvalue weighted by molar-refractivity contribution is 5.85. The van der Waals surface area contributed by atoms with Gasteiger partial charge in [0, 0.05) is 24.2 Å². The van der Waals surface area contributed by atoms with Gasteiger partial charge in [-0.15, -0.1) is 0 Å². The van der Waals surface area contributed by atoms with Gasteiger partial charge in [-0.2, -0.15) is 13.2 Å². The van der Waals surface area contributed by atoms with Gasteiger partial charge in [0.1, 0.15) is 12.4 Å². The van der Waals surface area contributed by atoms with Crippen LogP contribution in [-0.2, 0) is 41.1 Å². The van der Waals surface area contributed by atoms with Crippen molar-refractivity contribution < 1.29 is 56.2 Å². The molecule has 0 saturated heterocycles. The molecule has 1 aromatic heterocycles. The summed E-state index contributed by atoms with van der Waals surface area (Å²) in [6.45, 7) is 11.5. The molecule has 3 aromatic rings. The van der Waals surface area contributed by atoms with Gasteiger partial charge in [-0.25, -0.2) is 4.98 Å². The molecule has 0 aliphatic carbocycles. The van der Waals surface area contributed by atoms with Gasteiger partial charge in [0.2, 0.25) is 5.88 Å². The van der Waals surface area contributed by atoms with E-state index in [0.717, 1.165) is 28.8 Å². The number of aromatic nitrogens is 1. The van der Waals surface area contributed by atoms with Crippen LogP contribution < -0.4 is 14.8 Å². The van der Waals surface area contributed by atoms with Crippen LogP contribution in [0.15, 0.2) is 66.9 Å². The standard InChI is InChI=1S/C39H53F3N2O9/c1-29-8-10-31(11-9-29)26-35(30(2)44-37(46)38(3,4)53-36-13-12-33(28-43-36)39(40,41)42)32-6-5-7-34(27-32)52-25-24-51-23-22-50-21-20-49-19-18-48-17-16-47-15-14-45/h5-13,27-28,30,35,45H,14-26H2,1-4H3,(H,44,46). The van der Waals surface area contributed by atoms with Crippen LogP contribution in [0.1, 0.15) is 48.9 Å². The quantitative estimate of drug-likeness (QED) is 0.101. The van der Waals surface area contributed by atoms with Gasteiger partial charge in [0.25, 0.3) is 5.91 Å². The van der Waals surface area contributed by atoms with Crippen LogP contribution in [0.2, 0.25) is 0 Å². The molecule has 0 bridgehead atoms. The van der Waals surface area contributed by atoms with Crippen molar-refractivity contribution in [2.75, 3.05) is 79.3 Å². The van der Waals surface area contributed by atoms with Crippen LogP contribution in [0.25, 0.3) is 0 Å². The zero-order chi connectivity index (χ0) is 38.5. The van der Waals surface area contributed by atoms with E-state index in [4.69, 9.17) is 38.3 Å². The predicted octanol–water partition coefficient (Wildman–Crippen LogP) is 5.55. The molecule has 3 rings (SSSR count). The summed E-state index contributed by atoms with van der Waals surface area (Å²) in [6, 6.07) is 17.5. The maximum atomic E-state index is 13.5. The lowest BCUT2D eigenvalue weighted by Crippen LogP contribution is -2.51. The van der Waals surface area contributed by atoms with Crippen LogP contribution in [0.5, 0.6) is 11.6 Å². The highest BCUT2D eigenvalue weighted by Gasteiger charge is 2.35. The minimum absolute atomic E-state index is 0.00179. The number of nitrogens with one attached hydrogen (secondary N) is 1. The summed E-state index contributed by atoms with van der Waals surface area (Å²) in [6.07, 6.45) is -3.23. The van der Waals surface area contributed by atoms with E-state index >= 15 is 0 Å². The molecule has 11 nitrogen and oxygen atoms in total. The molecule has 14 heteroatoms. The smallest absolute Gasteiger partial charge is 0.417 e. The molecule has 0 saturated carbocycles. The van der Waals surface area contributed by atoms with Crippen molar-refractivity contribution in [1.82, 2.24) is 10.3 Å². The first kappa shape index (κ1) is 43.6. The summed E-state index contributed by atoms with van der Waals surface area (Å²) in [4.78, 5) is 17.2. The molecule has 0 aliphatic rings. The van der Waals surface area contributed by atoms with Gasteiger partial charge in [-0.3, -0.25) is 4.79 Å². The van der Waals surface area contributed by atoms with Gasteiger partial charge in [0.15, 0.2) is 5.60 Å². The Balaban J connectivity index is 1.47. The SMILES string of the molecule is Cc1ccc(CC(c2cccc(OCCOCCOCCOCCOCCOCCO)c2)C(C)NC(=O)C(C)(C)Oc2ccc(C(F)(F)F)cn2)cc1. The molecular weight excluding hydrogens is 697 g/mol. The fourth-order valence-electron chi connectivity index (χ4n) is 5.06. The Bertz CT molecular complexity index is 1460. The normalized spacial score (nSPS) is 13.1. The Labute approximate surface area is 310 Å².